The molecule has 0 radical (unpaired) electrons. The Balaban J connectivity index is 1.73. The van der Waals surface area contributed by atoms with Crippen LogP contribution in [0.2, 0.25) is 0 Å². The van der Waals surface area contributed by atoms with E-state index < -0.39 is 0 Å². The quantitative estimate of drug-likeness (QED) is 0.846. The number of nitrogens with zero attached hydrogens (tertiary/aromatic N) is 1. The van der Waals surface area contributed by atoms with Gasteiger partial charge in [-0.1, -0.05) is 12.1 Å². The lowest BCUT2D eigenvalue weighted by atomic mass is 10.2. The van der Waals surface area contributed by atoms with E-state index in [-0.39, 0.29) is 30.7 Å². The molecule has 0 saturated heterocycles. The lowest BCUT2D eigenvalue weighted by Crippen LogP contribution is -2.43. The number of nitrogens with one attached hydrogen (secondary N) is 1. The second kappa shape index (κ2) is 5.77. The van der Waals surface area contributed by atoms with E-state index in [0.717, 1.165) is 0 Å². The van der Waals surface area contributed by atoms with Crippen LogP contribution in [0, 0.1) is 0 Å². The summed E-state index contributed by atoms with van der Waals surface area (Å²) in [6.45, 7) is -0.177. The molecular formula is C16H14N2O4. The lowest BCUT2D eigenvalue weighted by Gasteiger charge is -2.28. The van der Waals surface area contributed by atoms with Crippen LogP contribution >= 0.6 is 0 Å². The van der Waals surface area contributed by atoms with Gasteiger partial charge in [-0.15, -0.1) is 0 Å². The van der Waals surface area contributed by atoms with Gasteiger partial charge >= 0.3 is 0 Å². The van der Waals surface area contributed by atoms with Crippen LogP contribution in [-0.4, -0.2) is 30.1 Å². The van der Waals surface area contributed by atoms with E-state index in [9.17, 15) is 14.7 Å². The summed E-state index contributed by atoms with van der Waals surface area (Å²) in [7, 11) is 0. The van der Waals surface area contributed by atoms with Gasteiger partial charge in [0.1, 0.15) is 18.0 Å². The van der Waals surface area contributed by atoms with Crippen LogP contribution in [0.5, 0.6) is 11.5 Å². The fraction of sp³-hybridized carbons (Fsp3) is 0.125. The summed E-state index contributed by atoms with van der Waals surface area (Å²) in [5.74, 6) is 0.116. The molecule has 2 aromatic rings. The largest absolute Gasteiger partial charge is 0.508 e. The zero-order valence-corrected chi connectivity index (χ0v) is 11.7. The van der Waals surface area contributed by atoms with Crippen LogP contribution in [0.4, 0.5) is 11.4 Å². The van der Waals surface area contributed by atoms with Gasteiger partial charge in [-0.05, 0) is 36.4 Å². The van der Waals surface area contributed by atoms with Gasteiger partial charge in [0.05, 0.1) is 5.69 Å². The number of ether oxygens (including phenoxy) is 1. The van der Waals surface area contributed by atoms with Gasteiger partial charge in [0, 0.05) is 5.69 Å². The second-order valence-corrected chi connectivity index (χ2v) is 4.83. The summed E-state index contributed by atoms with van der Waals surface area (Å²) in [5, 5.41) is 11.9. The van der Waals surface area contributed by atoms with Crippen LogP contribution in [0.25, 0.3) is 0 Å². The highest BCUT2D eigenvalue weighted by Crippen LogP contribution is 2.31. The van der Waals surface area contributed by atoms with Gasteiger partial charge < -0.3 is 15.2 Å². The molecule has 0 aromatic heterocycles. The number of hydrogen-bond donors (Lipinski definition) is 2. The van der Waals surface area contributed by atoms with Crippen molar-refractivity contribution in [2.75, 3.05) is 23.4 Å². The number of carbonyl (C=O) groups excluding carboxylic acids is 2. The first-order chi connectivity index (χ1) is 10.6. The van der Waals surface area contributed by atoms with Crippen LogP contribution < -0.4 is 15.0 Å². The number of fused-ring (bicyclic) bond motifs is 1. The summed E-state index contributed by atoms with van der Waals surface area (Å²) >= 11 is 0. The molecule has 0 bridgehead atoms. The lowest BCUT2D eigenvalue weighted by molar-refractivity contribution is -0.123. The predicted octanol–water partition coefficient (Wildman–Crippen LogP) is 1.76. The number of rotatable bonds is 3. The molecule has 112 valence electrons. The van der Waals surface area contributed by atoms with Crippen LogP contribution in [-0.2, 0) is 9.59 Å². The molecule has 2 N–H and O–H groups in total. The average Bonchev–Trinajstić information content (AvgIpc) is 2.52. The molecule has 0 saturated carbocycles. The Bertz CT molecular complexity index is 712. The minimum absolute atomic E-state index is 0.0799. The van der Waals surface area contributed by atoms with Crippen molar-refractivity contribution in [1.29, 1.82) is 0 Å². The van der Waals surface area contributed by atoms with Crippen LogP contribution in [0.3, 0.4) is 0 Å². The highest BCUT2D eigenvalue weighted by molar-refractivity contribution is 6.04. The number of aromatic hydroxyl groups is 1. The normalized spacial score (nSPS) is 13.3. The Morgan fingerprint density at radius 1 is 1.18 bits per heavy atom. The summed E-state index contributed by atoms with van der Waals surface area (Å²) in [6.07, 6.45) is 0. The first kappa shape index (κ1) is 13.9. The topological polar surface area (TPSA) is 78.9 Å². The zero-order chi connectivity index (χ0) is 15.5. The van der Waals surface area contributed by atoms with Crippen molar-refractivity contribution in [2.24, 2.45) is 0 Å². The predicted molar refractivity (Wildman–Crippen MR) is 81.0 cm³/mol. The van der Waals surface area contributed by atoms with Gasteiger partial charge in [-0.3, -0.25) is 14.5 Å². The molecule has 1 aliphatic heterocycles. The van der Waals surface area contributed by atoms with Crippen molar-refractivity contribution in [3.63, 3.8) is 0 Å². The number of phenols is 1. The molecule has 1 heterocycles. The standard InChI is InChI=1S/C16H14N2O4/c19-12-7-5-11(6-8-12)17-15(20)9-18-13-3-1-2-4-14(13)22-10-16(18)21/h1-8,19H,9-10H2,(H,17,20). The van der Waals surface area contributed by atoms with E-state index in [4.69, 9.17) is 4.74 Å². The Labute approximate surface area is 126 Å². The fourth-order valence-electron chi connectivity index (χ4n) is 2.22. The Hall–Kier alpha value is -3.02. The molecule has 2 aromatic carbocycles. The highest BCUT2D eigenvalue weighted by Gasteiger charge is 2.26. The Kier molecular flexibility index (Phi) is 3.65. The SMILES string of the molecule is O=C(CN1C(=O)COc2ccccc21)Nc1ccc(O)cc1. The van der Waals surface area contributed by atoms with Crippen LogP contribution in [0.1, 0.15) is 0 Å². The van der Waals surface area contributed by atoms with E-state index in [2.05, 4.69) is 5.32 Å². The molecule has 22 heavy (non-hydrogen) atoms. The van der Waals surface area contributed by atoms with Gasteiger partial charge in [0.15, 0.2) is 6.61 Å². The van der Waals surface area contributed by atoms with Gasteiger partial charge in [-0.25, -0.2) is 0 Å². The smallest absolute Gasteiger partial charge is 0.265 e. The van der Waals surface area contributed by atoms with Gasteiger partial charge in [0.2, 0.25) is 5.91 Å². The summed E-state index contributed by atoms with van der Waals surface area (Å²) < 4.78 is 5.33. The molecule has 0 spiro atoms. The van der Waals surface area contributed by atoms with E-state index in [0.29, 0.717) is 17.1 Å². The molecule has 0 atom stereocenters. The van der Waals surface area contributed by atoms with Crippen molar-refractivity contribution < 1.29 is 19.4 Å². The minimum atomic E-state index is -0.323. The number of carbonyl (C=O) groups is 2. The van der Waals surface area contributed by atoms with E-state index in [1.54, 1.807) is 30.3 Å². The molecule has 2 amide bonds. The number of phenolic OH excluding ortho intramolecular Hbond substituents is 1. The van der Waals surface area contributed by atoms with E-state index in [1.807, 2.05) is 6.07 Å². The zero-order valence-electron chi connectivity index (χ0n) is 11.7. The Morgan fingerprint density at radius 2 is 1.91 bits per heavy atom. The van der Waals surface area contributed by atoms with Crippen molar-refractivity contribution in [2.45, 2.75) is 0 Å². The first-order valence-corrected chi connectivity index (χ1v) is 6.74. The maximum atomic E-state index is 12.1. The molecule has 0 aliphatic carbocycles. The molecule has 1 aliphatic rings. The molecular weight excluding hydrogens is 284 g/mol. The van der Waals surface area contributed by atoms with Crippen molar-refractivity contribution in [3.8, 4) is 11.5 Å². The van der Waals surface area contributed by atoms with Crippen molar-refractivity contribution in [1.82, 2.24) is 0 Å². The summed E-state index contributed by atoms with van der Waals surface area (Å²) in [4.78, 5) is 25.5. The maximum absolute atomic E-state index is 12.1. The Morgan fingerprint density at radius 3 is 2.68 bits per heavy atom. The molecule has 6 nitrogen and oxygen atoms in total. The third-order valence-corrected chi connectivity index (χ3v) is 3.26. The molecule has 6 heteroatoms. The van der Waals surface area contributed by atoms with Crippen LogP contribution in [0.15, 0.2) is 48.5 Å². The fourth-order valence-corrected chi connectivity index (χ4v) is 2.22. The minimum Gasteiger partial charge on any atom is -0.508 e. The van der Waals surface area contributed by atoms with Gasteiger partial charge in [0.25, 0.3) is 5.91 Å². The van der Waals surface area contributed by atoms with Crippen molar-refractivity contribution >= 4 is 23.2 Å². The number of para-hydroxylation sites is 2. The van der Waals surface area contributed by atoms with E-state index in [1.165, 1.54) is 17.0 Å². The number of benzene rings is 2. The average molecular weight is 298 g/mol. The number of anilines is 2. The monoisotopic (exact) mass is 298 g/mol. The highest BCUT2D eigenvalue weighted by atomic mass is 16.5. The number of hydrogen-bond acceptors (Lipinski definition) is 4. The summed E-state index contributed by atoms with van der Waals surface area (Å²) in [5.41, 5.74) is 1.14. The number of amides is 2. The second-order valence-electron chi connectivity index (χ2n) is 4.83. The van der Waals surface area contributed by atoms with Crippen molar-refractivity contribution in [3.05, 3.63) is 48.5 Å². The summed E-state index contributed by atoms with van der Waals surface area (Å²) in [6, 6.07) is 13.2. The molecule has 3 rings (SSSR count). The molecule has 0 unspecified atom stereocenters. The third-order valence-electron chi connectivity index (χ3n) is 3.26. The third kappa shape index (κ3) is 2.85. The maximum Gasteiger partial charge on any atom is 0.265 e. The first-order valence-electron chi connectivity index (χ1n) is 6.74. The van der Waals surface area contributed by atoms with Gasteiger partial charge in [-0.2, -0.15) is 0 Å². The van der Waals surface area contributed by atoms with E-state index >= 15 is 0 Å². The molecule has 0 fully saturated rings.